The van der Waals surface area contributed by atoms with Crippen molar-refractivity contribution < 1.29 is 13.5 Å². The summed E-state index contributed by atoms with van der Waals surface area (Å²) in [6, 6.07) is 8.75. The summed E-state index contributed by atoms with van der Waals surface area (Å²) in [5.74, 6) is 0.842. The predicted molar refractivity (Wildman–Crippen MR) is 107 cm³/mol. The molecule has 1 aromatic carbocycles. The molecule has 0 spiro atoms. The number of nitrogens with zero attached hydrogens (tertiary/aromatic N) is 3. The molecule has 9 heteroatoms. The molecule has 1 saturated carbocycles. The molecule has 148 valence electrons. The molecule has 8 nitrogen and oxygen atoms in total. The fourth-order valence-electron chi connectivity index (χ4n) is 3.60. The molecule has 1 fully saturated rings. The summed E-state index contributed by atoms with van der Waals surface area (Å²) >= 11 is 0. The maximum Gasteiger partial charge on any atom is 0.240 e. The summed E-state index contributed by atoms with van der Waals surface area (Å²) < 4.78 is 28.1. The number of aromatic amines is 1. The van der Waals surface area contributed by atoms with E-state index in [9.17, 15) is 8.42 Å². The Hall–Kier alpha value is -2.49. The molecule has 3 N–H and O–H groups in total. The highest BCUT2D eigenvalue weighted by atomic mass is 32.2. The summed E-state index contributed by atoms with van der Waals surface area (Å²) in [6.07, 6.45) is 5.22. The van der Waals surface area contributed by atoms with Gasteiger partial charge in [-0.05, 0) is 43.0 Å². The average Bonchev–Trinajstić information content (AvgIpc) is 3.13. The van der Waals surface area contributed by atoms with Crippen LogP contribution in [0.3, 0.4) is 0 Å². The number of H-pyrrole nitrogens is 1. The molecule has 0 aliphatic heterocycles. The topological polar surface area (TPSA) is 111 Å². The van der Waals surface area contributed by atoms with Gasteiger partial charge in [-0.25, -0.2) is 23.1 Å². The van der Waals surface area contributed by atoms with E-state index < -0.39 is 10.0 Å². The zero-order valence-electron chi connectivity index (χ0n) is 15.5. The van der Waals surface area contributed by atoms with Crippen molar-refractivity contribution in [2.45, 2.75) is 36.2 Å². The minimum atomic E-state index is -3.58. The van der Waals surface area contributed by atoms with E-state index in [2.05, 4.69) is 24.6 Å². The Morgan fingerprint density at radius 1 is 1.29 bits per heavy atom. The Balaban J connectivity index is 1.41. The van der Waals surface area contributed by atoms with Crippen LogP contribution >= 0.6 is 0 Å². The van der Waals surface area contributed by atoms with E-state index in [0.717, 1.165) is 22.4 Å². The first-order valence-electron chi connectivity index (χ1n) is 9.21. The number of rotatable bonds is 7. The van der Waals surface area contributed by atoms with E-state index in [1.54, 1.807) is 18.2 Å². The number of aliphatic hydroxyl groups is 1. The lowest BCUT2D eigenvalue weighted by Gasteiger charge is -2.41. The first-order valence-corrected chi connectivity index (χ1v) is 10.7. The fourth-order valence-corrected chi connectivity index (χ4v) is 4.93. The van der Waals surface area contributed by atoms with E-state index in [0.29, 0.717) is 19.3 Å². The van der Waals surface area contributed by atoms with E-state index >= 15 is 0 Å². The van der Waals surface area contributed by atoms with Gasteiger partial charge in [-0.1, -0.05) is 12.1 Å². The van der Waals surface area contributed by atoms with Gasteiger partial charge in [0.1, 0.15) is 17.8 Å². The third kappa shape index (κ3) is 3.60. The van der Waals surface area contributed by atoms with Gasteiger partial charge in [0, 0.05) is 31.9 Å². The number of sulfonamides is 1. The van der Waals surface area contributed by atoms with E-state index in [1.807, 2.05) is 25.4 Å². The van der Waals surface area contributed by atoms with Crippen LogP contribution in [-0.2, 0) is 16.4 Å². The van der Waals surface area contributed by atoms with E-state index in [-0.39, 0.29) is 23.6 Å². The van der Waals surface area contributed by atoms with Gasteiger partial charge in [-0.3, -0.25) is 0 Å². The Morgan fingerprint density at radius 3 is 2.89 bits per heavy atom. The molecule has 4 rings (SSSR count). The molecule has 0 atom stereocenters. The largest absolute Gasteiger partial charge is 0.396 e. The van der Waals surface area contributed by atoms with Crippen LogP contribution < -0.4 is 9.62 Å². The van der Waals surface area contributed by atoms with Crippen LogP contribution in [0, 0.1) is 0 Å². The lowest BCUT2D eigenvalue weighted by atomic mass is 9.86. The van der Waals surface area contributed by atoms with Gasteiger partial charge < -0.3 is 15.0 Å². The van der Waals surface area contributed by atoms with Crippen LogP contribution in [0.4, 0.5) is 5.82 Å². The van der Waals surface area contributed by atoms with Gasteiger partial charge in [-0.15, -0.1) is 0 Å². The zero-order valence-corrected chi connectivity index (χ0v) is 16.4. The molecule has 0 unspecified atom stereocenters. The van der Waals surface area contributed by atoms with Crippen molar-refractivity contribution in [3.05, 3.63) is 48.4 Å². The minimum absolute atomic E-state index is 0.00891. The van der Waals surface area contributed by atoms with Gasteiger partial charge in [0.15, 0.2) is 0 Å². The molecule has 1 aliphatic carbocycles. The monoisotopic (exact) mass is 401 g/mol. The standard InChI is InChI=1S/C19H23N5O3S/c1-24(19-17-5-7-20-18(17)21-12-22-19)15-10-14(11-15)23-28(26,27)16-4-2-3-13(9-16)6-8-25/h2-5,7,9,12,14-15,23,25H,6,8,10-11H2,1H3,(H,20,21,22)/t14-,15+. The first-order chi connectivity index (χ1) is 13.5. The quantitative estimate of drug-likeness (QED) is 0.552. The summed E-state index contributed by atoms with van der Waals surface area (Å²) in [5, 5.41) is 10.0. The molecule has 2 heterocycles. The molecule has 2 aromatic heterocycles. The van der Waals surface area contributed by atoms with Crippen LogP contribution in [0.2, 0.25) is 0 Å². The van der Waals surface area contributed by atoms with E-state index in [1.165, 1.54) is 6.33 Å². The second kappa shape index (κ2) is 7.50. The molecule has 3 aromatic rings. The molecule has 28 heavy (non-hydrogen) atoms. The van der Waals surface area contributed by atoms with Crippen LogP contribution in [0.1, 0.15) is 18.4 Å². The summed E-state index contributed by atoms with van der Waals surface area (Å²) in [6.45, 7) is -0.00891. The third-order valence-electron chi connectivity index (χ3n) is 5.26. The number of benzene rings is 1. The van der Waals surface area contributed by atoms with Crippen molar-refractivity contribution in [1.82, 2.24) is 19.7 Å². The second-order valence-electron chi connectivity index (χ2n) is 7.11. The highest BCUT2D eigenvalue weighted by Gasteiger charge is 2.36. The van der Waals surface area contributed by atoms with Gasteiger partial charge in [0.05, 0.1) is 10.3 Å². The molecular weight excluding hydrogens is 378 g/mol. The summed E-state index contributed by atoms with van der Waals surface area (Å²) in [5.41, 5.74) is 1.59. The number of nitrogens with one attached hydrogen (secondary N) is 2. The lowest BCUT2D eigenvalue weighted by Crippen LogP contribution is -2.53. The molecule has 0 saturated heterocycles. The third-order valence-corrected chi connectivity index (χ3v) is 6.78. The lowest BCUT2D eigenvalue weighted by molar-refractivity contribution is 0.299. The normalized spacial score (nSPS) is 19.5. The molecular formula is C19H23N5O3S. The SMILES string of the molecule is CN(c1ncnc2[nH]ccc12)[C@H]1C[C@@H](NS(=O)(=O)c2cccc(CCO)c2)C1. The summed E-state index contributed by atoms with van der Waals surface area (Å²) in [4.78, 5) is 14.0. The van der Waals surface area contributed by atoms with Crippen LogP contribution in [0.5, 0.6) is 0 Å². The van der Waals surface area contributed by atoms with Crippen LogP contribution in [0.25, 0.3) is 11.0 Å². The fraction of sp³-hybridized carbons (Fsp3) is 0.368. The molecule has 1 aliphatic rings. The maximum absolute atomic E-state index is 12.7. The Morgan fingerprint density at radius 2 is 2.11 bits per heavy atom. The highest BCUT2D eigenvalue weighted by Crippen LogP contribution is 2.31. The van der Waals surface area contributed by atoms with Gasteiger partial charge >= 0.3 is 0 Å². The Bertz CT molecular complexity index is 1080. The van der Waals surface area contributed by atoms with Crippen molar-refractivity contribution >= 4 is 26.9 Å². The van der Waals surface area contributed by atoms with Gasteiger partial charge in [0.25, 0.3) is 0 Å². The summed E-state index contributed by atoms with van der Waals surface area (Å²) in [7, 11) is -1.61. The van der Waals surface area contributed by atoms with Gasteiger partial charge in [-0.2, -0.15) is 0 Å². The highest BCUT2D eigenvalue weighted by molar-refractivity contribution is 7.89. The van der Waals surface area contributed by atoms with Crippen molar-refractivity contribution in [1.29, 1.82) is 0 Å². The number of aromatic nitrogens is 3. The molecule has 0 radical (unpaired) electrons. The Kier molecular flexibility index (Phi) is 5.05. The second-order valence-corrected chi connectivity index (χ2v) is 8.83. The van der Waals surface area contributed by atoms with Crippen LogP contribution in [-0.4, -0.2) is 54.2 Å². The molecule has 0 amide bonds. The minimum Gasteiger partial charge on any atom is -0.396 e. The zero-order chi connectivity index (χ0) is 19.7. The van der Waals surface area contributed by atoms with Crippen molar-refractivity contribution in [3.8, 4) is 0 Å². The number of aliphatic hydroxyl groups excluding tert-OH is 1. The average molecular weight is 401 g/mol. The smallest absolute Gasteiger partial charge is 0.240 e. The molecule has 0 bridgehead atoms. The predicted octanol–water partition coefficient (Wildman–Crippen LogP) is 1.44. The number of anilines is 1. The van der Waals surface area contributed by atoms with Crippen molar-refractivity contribution in [3.63, 3.8) is 0 Å². The number of fused-ring (bicyclic) bond motifs is 1. The van der Waals surface area contributed by atoms with Gasteiger partial charge in [0.2, 0.25) is 10.0 Å². The van der Waals surface area contributed by atoms with Crippen LogP contribution in [0.15, 0.2) is 47.8 Å². The number of hydrogen-bond acceptors (Lipinski definition) is 6. The van der Waals surface area contributed by atoms with Crippen molar-refractivity contribution in [2.75, 3.05) is 18.6 Å². The first kappa shape index (κ1) is 18.9. The maximum atomic E-state index is 12.7. The van der Waals surface area contributed by atoms with E-state index in [4.69, 9.17) is 5.11 Å². The van der Waals surface area contributed by atoms with Crippen molar-refractivity contribution in [2.24, 2.45) is 0 Å². The Labute approximate surface area is 163 Å². The number of hydrogen-bond donors (Lipinski definition) is 3.